The smallest absolute Gasteiger partial charge is 0.255 e. The molecule has 0 radical (unpaired) electrons. The normalized spacial score (nSPS) is 17.9. The lowest BCUT2D eigenvalue weighted by atomic mass is 10.2. The minimum absolute atomic E-state index is 0.193. The van der Waals surface area contributed by atoms with E-state index in [0.29, 0.717) is 35.6 Å². The topological polar surface area (TPSA) is 68.2 Å². The summed E-state index contributed by atoms with van der Waals surface area (Å²) in [6, 6.07) is 7.03. The van der Waals surface area contributed by atoms with Gasteiger partial charge in [-0.2, -0.15) is 5.10 Å². The van der Waals surface area contributed by atoms with Crippen LogP contribution in [0.2, 0.25) is 10.0 Å². The number of nitrogens with one attached hydrogen (secondary N) is 2. The lowest BCUT2D eigenvalue weighted by molar-refractivity contribution is -0.128. The molecular formula is C15H16Cl2N4O2. The molecule has 1 fully saturated rings. The van der Waals surface area contributed by atoms with Crippen molar-refractivity contribution in [1.29, 1.82) is 0 Å². The van der Waals surface area contributed by atoms with Crippen molar-refractivity contribution < 1.29 is 9.53 Å². The number of ether oxygens (including phenoxy) is 1. The number of amides is 1. The van der Waals surface area contributed by atoms with Crippen molar-refractivity contribution in [2.45, 2.75) is 12.6 Å². The number of aromatic nitrogens is 2. The average Bonchev–Trinajstić information content (AvgIpc) is 2.98. The zero-order valence-corrected chi connectivity index (χ0v) is 13.8. The Morgan fingerprint density at radius 2 is 2.30 bits per heavy atom. The van der Waals surface area contributed by atoms with Gasteiger partial charge in [0.2, 0.25) is 0 Å². The lowest BCUT2D eigenvalue weighted by Gasteiger charge is -2.22. The van der Waals surface area contributed by atoms with Gasteiger partial charge in [0.1, 0.15) is 11.9 Å². The molecule has 1 aromatic carbocycles. The van der Waals surface area contributed by atoms with E-state index < -0.39 is 6.10 Å². The van der Waals surface area contributed by atoms with Crippen LogP contribution in [0.3, 0.4) is 0 Å². The van der Waals surface area contributed by atoms with Gasteiger partial charge in [0.15, 0.2) is 0 Å². The van der Waals surface area contributed by atoms with Crippen LogP contribution in [0.5, 0.6) is 0 Å². The maximum atomic E-state index is 12.2. The van der Waals surface area contributed by atoms with Crippen LogP contribution in [0, 0.1) is 0 Å². The highest BCUT2D eigenvalue weighted by Crippen LogP contribution is 2.22. The molecule has 2 N–H and O–H groups in total. The Balaban J connectivity index is 1.70. The van der Waals surface area contributed by atoms with E-state index in [1.165, 1.54) is 0 Å². The van der Waals surface area contributed by atoms with E-state index in [4.69, 9.17) is 27.9 Å². The Bertz CT molecular complexity index is 699. The number of nitrogens with zero attached hydrogens (tertiary/aromatic N) is 2. The van der Waals surface area contributed by atoms with Crippen molar-refractivity contribution >= 4 is 34.9 Å². The second-order valence-corrected chi connectivity index (χ2v) is 6.01. The predicted octanol–water partition coefficient (Wildman–Crippen LogP) is 2.17. The first kappa shape index (κ1) is 16.3. The molecule has 8 heteroatoms. The van der Waals surface area contributed by atoms with Crippen molar-refractivity contribution in [1.82, 2.24) is 15.1 Å². The Labute approximate surface area is 143 Å². The minimum Gasteiger partial charge on any atom is -0.366 e. The SMILES string of the molecule is O=C(Nc1ccnn1Cc1ccc(Cl)cc1Cl)[C@H]1CNCCO1. The van der Waals surface area contributed by atoms with E-state index >= 15 is 0 Å². The first-order chi connectivity index (χ1) is 11.1. The van der Waals surface area contributed by atoms with Gasteiger partial charge in [-0.1, -0.05) is 29.3 Å². The Morgan fingerprint density at radius 3 is 3.04 bits per heavy atom. The molecule has 23 heavy (non-hydrogen) atoms. The summed E-state index contributed by atoms with van der Waals surface area (Å²) in [6.45, 7) is 2.22. The molecule has 6 nitrogen and oxygen atoms in total. The maximum Gasteiger partial charge on any atom is 0.255 e. The van der Waals surface area contributed by atoms with Gasteiger partial charge in [-0.05, 0) is 17.7 Å². The van der Waals surface area contributed by atoms with E-state index in [1.807, 2.05) is 6.07 Å². The summed E-state index contributed by atoms with van der Waals surface area (Å²) in [5.41, 5.74) is 0.867. The summed E-state index contributed by atoms with van der Waals surface area (Å²) >= 11 is 12.1. The van der Waals surface area contributed by atoms with Crippen molar-refractivity contribution in [2.24, 2.45) is 0 Å². The van der Waals surface area contributed by atoms with Gasteiger partial charge in [0.25, 0.3) is 5.91 Å². The van der Waals surface area contributed by atoms with E-state index in [-0.39, 0.29) is 5.91 Å². The molecule has 0 bridgehead atoms. The third kappa shape index (κ3) is 4.03. The summed E-state index contributed by atoms with van der Waals surface area (Å²) in [5.74, 6) is 0.399. The van der Waals surface area contributed by atoms with Crippen molar-refractivity contribution in [3.63, 3.8) is 0 Å². The van der Waals surface area contributed by atoms with Crippen LogP contribution >= 0.6 is 23.2 Å². The number of rotatable bonds is 4. The van der Waals surface area contributed by atoms with E-state index in [1.54, 1.807) is 29.1 Å². The van der Waals surface area contributed by atoms with Crippen LogP contribution in [-0.4, -0.2) is 41.5 Å². The Kier molecular flexibility index (Phi) is 5.17. The monoisotopic (exact) mass is 354 g/mol. The molecule has 0 aliphatic carbocycles. The molecule has 2 aromatic rings. The number of carbonyl (C=O) groups is 1. The van der Waals surface area contributed by atoms with E-state index in [9.17, 15) is 4.79 Å². The fourth-order valence-corrected chi connectivity index (χ4v) is 2.78. The highest BCUT2D eigenvalue weighted by atomic mass is 35.5. The van der Waals surface area contributed by atoms with Crippen molar-refractivity contribution in [3.05, 3.63) is 46.1 Å². The Hall–Kier alpha value is -1.60. The number of hydrogen-bond donors (Lipinski definition) is 2. The van der Waals surface area contributed by atoms with Gasteiger partial charge in [0, 0.05) is 29.2 Å². The number of hydrogen-bond acceptors (Lipinski definition) is 4. The average molecular weight is 355 g/mol. The first-order valence-corrected chi connectivity index (χ1v) is 7.98. The second-order valence-electron chi connectivity index (χ2n) is 5.16. The number of morpholine rings is 1. The van der Waals surface area contributed by atoms with Crippen LogP contribution in [0.25, 0.3) is 0 Å². The molecule has 1 atom stereocenters. The fourth-order valence-electron chi connectivity index (χ4n) is 2.32. The number of halogens is 2. The highest BCUT2D eigenvalue weighted by molar-refractivity contribution is 6.35. The van der Waals surface area contributed by atoms with Crippen LogP contribution < -0.4 is 10.6 Å². The molecule has 3 rings (SSSR count). The lowest BCUT2D eigenvalue weighted by Crippen LogP contribution is -2.45. The second kappa shape index (κ2) is 7.31. The maximum absolute atomic E-state index is 12.2. The molecule has 1 aromatic heterocycles. The third-order valence-electron chi connectivity index (χ3n) is 3.52. The summed E-state index contributed by atoms with van der Waals surface area (Å²) in [4.78, 5) is 12.2. The van der Waals surface area contributed by atoms with Crippen molar-refractivity contribution in [3.8, 4) is 0 Å². The fraction of sp³-hybridized carbons (Fsp3) is 0.333. The van der Waals surface area contributed by atoms with Crippen LogP contribution in [0.15, 0.2) is 30.5 Å². The summed E-state index contributed by atoms with van der Waals surface area (Å²) < 4.78 is 7.11. The van der Waals surface area contributed by atoms with Crippen LogP contribution in [0.1, 0.15) is 5.56 Å². The number of anilines is 1. The minimum atomic E-state index is -0.494. The predicted molar refractivity (Wildman–Crippen MR) is 89.0 cm³/mol. The van der Waals surface area contributed by atoms with Crippen LogP contribution in [-0.2, 0) is 16.1 Å². The van der Waals surface area contributed by atoms with Gasteiger partial charge in [-0.25, -0.2) is 4.68 Å². The van der Waals surface area contributed by atoms with E-state index in [0.717, 1.165) is 12.1 Å². The van der Waals surface area contributed by atoms with Gasteiger partial charge in [-0.3, -0.25) is 4.79 Å². The molecule has 1 aliphatic heterocycles. The van der Waals surface area contributed by atoms with Gasteiger partial charge < -0.3 is 15.4 Å². The highest BCUT2D eigenvalue weighted by Gasteiger charge is 2.22. The van der Waals surface area contributed by atoms with Gasteiger partial charge in [0.05, 0.1) is 19.3 Å². The third-order valence-corrected chi connectivity index (χ3v) is 4.11. The van der Waals surface area contributed by atoms with Gasteiger partial charge >= 0.3 is 0 Å². The Morgan fingerprint density at radius 1 is 1.43 bits per heavy atom. The van der Waals surface area contributed by atoms with E-state index in [2.05, 4.69) is 15.7 Å². The molecule has 2 heterocycles. The zero-order valence-electron chi connectivity index (χ0n) is 12.3. The standard InChI is InChI=1S/C15H16Cl2N4O2/c16-11-2-1-10(12(17)7-11)9-21-14(3-4-19-21)20-15(22)13-8-18-5-6-23-13/h1-4,7,13,18H,5-6,8-9H2,(H,20,22)/t13-/m1/s1. The molecule has 0 saturated carbocycles. The number of benzene rings is 1. The largest absolute Gasteiger partial charge is 0.366 e. The summed E-state index contributed by atoms with van der Waals surface area (Å²) in [6.07, 6.45) is 1.13. The molecule has 1 saturated heterocycles. The first-order valence-electron chi connectivity index (χ1n) is 7.22. The molecule has 1 aliphatic rings. The van der Waals surface area contributed by atoms with Crippen LogP contribution in [0.4, 0.5) is 5.82 Å². The molecular weight excluding hydrogens is 339 g/mol. The summed E-state index contributed by atoms with van der Waals surface area (Å²) in [7, 11) is 0. The van der Waals surface area contributed by atoms with Crippen molar-refractivity contribution in [2.75, 3.05) is 25.0 Å². The quantitative estimate of drug-likeness (QED) is 0.882. The molecule has 1 amide bonds. The molecule has 0 unspecified atom stereocenters. The van der Waals surface area contributed by atoms with Gasteiger partial charge in [-0.15, -0.1) is 0 Å². The zero-order chi connectivity index (χ0) is 16.2. The molecule has 122 valence electrons. The summed E-state index contributed by atoms with van der Waals surface area (Å²) in [5, 5.41) is 11.3. The molecule has 0 spiro atoms. The number of carbonyl (C=O) groups excluding carboxylic acids is 1.